The van der Waals surface area contributed by atoms with E-state index in [9.17, 15) is 18.0 Å². The lowest BCUT2D eigenvalue weighted by molar-refractivity contribution is -0.119. The number of carbonyl (C=O) groups is 1. The van der Waals surface area contributed by atoms with Crippen molar-refractivity contribution in [1.82, 2.24) is 15.2 Å². The Hall–Kier alpha value is -3.11. The van der Waals surface area contributed by atoms with Crippen molar-refractivity contribution in [3.8, 4) is 5.75 Å². The molecule has 1 aliphatic carbocycles. The van der Waals surface area contributed by atoms with Crippen LogP contribution < -0.4 is 15.0 Å². The number of fused-ring (bicyclic) bond motifs is 1. The lowest BCUT2D eigenvalue weighted by Gasteiger charge is -2.41. The summed E-state index contributed by atoms with van der Waals surface area (Å²) < 4.78 is 45.6. The van der Waals surface area contributed by atoms with Crippen LogP contribution in [0.3, 0.4) is 0 Å². The highest BCUT2D eigenvalue weighted by Crippen LogP contribution is 2.49. The van der Waals surface area contributed by atoms with E-state index in [1.807, 2.05) is 25.1 Å². The molecule has 1 aliphatic heterocycles. The number of rotatable bonds is 8. The van der Waals surface area contributed by atoms with Crippen molar-refractivity contribution in [2.75, 3.05) is 32.1 Å². The average Bonchev–Trinajstić information content (AvgIpc) is 3.62. The highest BCUT2D eigenvalue weighted by Gasteiger charge is 2.47. The number of anilines is 1. The van der Waals surface area contributed by atoms with Crippen LogP contribution in [0.1, 0.15) is 40.7 Å². The number of nitrogens with zero attached hydrogens (tertiary/aromatic N) is 3. The van der Waals surface area contributed by atoms with Crippen molar-refractivity contribution < 1.29 is 22.7 Å². The van der Waals surface area contributed by atoms with Crippen LogP contribution >= 0.6 is 0 Å². The van der Waals surface area contributed by atoms with E-state index in [0.717, 1.165) is 39.7 Å². The lowest BCUT2D eigenvalue weighted by Crippen LogP contribution is -2.53. The van der Waals surface area contributed by atoms with Gasteiger partial charge in [-0.15, -0.1) is 0 Å². The van der Waals surface area contributed by atoms with Gasteiger partial charge in [0.1, 0.15) is 12.3 Å². The molecule has 0 unspecified atom stereocenters. The maximum Gasteiger partial charge on any atom is 0.405 e. The molecule has 0 spiro atoms. The summed E-state index contributed by atoms with van der Waals surface area (Å²) in [7, 11) is 4.39. The number of carbonyl (C=O) groups excluding carboxylic acids is 1. The summed E-state index contributed by atoms with van der Waals surface area (Å²) in [6, 6.07) is 13.2. The summed E-state index contributed by atoms with van der Waals surface area (Å²) in [6.45, 7) is 1.89. The maximum absolute atomic E-state index is 13.6. The van der Waals surface area contributed by atoms with Crippen LogP contribution in [0.2, 0.25) is 0 Å². The number of likely N-dealkylation sites (tertiary alicyclic amines) is 1. The number of nitrogens with one attached hydrogen (secondary N) is 1. The Bertz CT molecular complexity index is 1360. The molecule has 0 bridgehead atoms. The Kier molecular flexibility index (Phi) is 6.89. The number of pyridine rings is 1. The normalized spacial score (nSPS) is 19.6. The molecular formula is C28H33F3N4O2Si. The molecule has 2 atom stereocenters. The molecule has 1 N–H and O–H groups in total. The second-order valence-electron chi connectivity index (χ2n) is 10.7. The number of alkyl halides is 3. The van der Waals surface area contributed by atoms with Crippen molar-refractivity contribution in [2.24, 2.45) is 0 Å². The Morgan fingerprint density at radius 3 is 2.68 bits per heavy atom. The van der Waals surface area contributed by atoms with Crippen LogP contribution in [0.15, 0.2) is 48.7 Å². The summed E-state index contributed by atoms with van der Waals surface area (Å²) in [5, 5.41) is 4.04. The van der Waals surface area contributed by atoms with E-state index >= 15 is 0 Å². The highest BCUT2D eigenvalue weighted by molar-refractivity contribution is 6.11. The maximum atomic E-state index is 13.6. The SMILES string of the molecule is Cc1ccc(O[C@@H]([SiH3])[C@@H]2CCN2C)cc1C(=O)NC1(c2cc(N(C)CC(F)(F)F)cc3ncccc23)CC1. The first-order valence-electron chi connectivity index (χ1n) is 12.9. The minimum Gasteiger partial charge on any atom is -0.494 e. The van der Waals surface area contributed by atoms with Gasteiger partial charge in [0.15, 0.2) is 0 Å². The van der Waals surface area contributed by atoms with Crippen LogP contribution in [0.4, 0.5) is 18.9 Å². The molecule has 202 valence electrons. The van der Waals surface area contributed by atoms with Crippen molar-refractivity contribution in [3.63, 3.8) is 0 Å². The van der Waals surface area contributed by atoms with Crippen molar-refractivity contribution in [3.05, 3.63) is 65.4 Å². The molecule has 1 amide bonds. The van der Waals surface area contributed by atoms with Crippen molar-refractivity contribution in [1.29, 1.82) is 0 Å². The summed E-state index contributed by atoms with van der Waals surface area (Å²) >= 11 is 0. The number of likely N-dealkylation sites (N-methyl/N-ethyl adjacent to an activating group) is 1. The van der Waals surface area contributed by atoms with Gasteiger partial charge in [0.2, 0.25) is 0 Å². The van der Waals surface area contributed by atoms with Gasteiger partial charge in [-0.25, -0.2) is 0 Å². The van der Waals surface area contributed by atoms with Gasteiger partial charge in [-0.2, -0.15) is 13.2 Å². The molecule has 2 aromatic carbocycles. The van der Waals surface area contributed by atoms with Crippen LogP contribution in [-0.4, -0.2) is 71.2 Å². The van der Waals surface area contributed by atoms with E-state index in [4.69, 9.17) is 4.74 Å². The largest absolute Gasteiger partial charge is 0.494 e. The molecular weight excluding hydrogens is 509 g/mol. The zero-order chi connectivity index (χ0) is 27.2. The number of ether oxygens (including phenoxy) is 1. The number of amides is 1. The molecule has 38 heavy (non-hydrogen) atoms. The molecule has 3 aromatic rings. The third kappa shape index (κ3) is 5.37. The molecule has 5 rings (SSSR count). The minimum absolute atomic E-state index is 0.137. The molecule has 1 aromatic heterocycles. The lowest BCUT2D eigenvalue weighted by atomic mass is 9.97. The van der Waals surface area contributed by atoms with Crippen LogP contribution in [-0.2, 0) is 5.54 Å². The first-order chi connectivity index (χ1) is 18.0. The summed E-state index contributed by atoms with van der Waals surface area (Å²) in [5.41, 5.74) is 2.65. The predicted molar refractivity (Wildman–Crippen MR) is 146 cm³/mol. The Balaban J connectivity index is 1.42. The molecule has 0 radical (unpaired) electrons. The van der Waals surface area contributed by atoms with E-state index in [-0.39, 0.29) is 11.6 Å². The highest BCUT2D eigenvalue weighted by atomic mass is 28.1. The second kappa shape index (κ2) is 9.89. The third-order valence-corrected chi connectivity index (χ3v) is 8.85. The van der Waals surface area contributed by atoms with Crippen LogP contribution in [0.25, 0.3) is 10.9 Å². The number of aromatic nitrogens is 1. The number of aryl methyl sites for hydroxylation is 1. The Labute approximate surface area is 223 Å². The Morgan fingerprint density at radius 2 is 2.05 bits per heavy atom. The predicted octanol–water partition coefficient (Wildman–Crippen LogP) is 3.74. The van der Waals surface area contributed by atoms with Gasteiger partial charge in [-0.05, 0) is 81.2 Å². The number of hydrogen-bond acceptors (Lipinski definition) is 5. The van der Waals surface area contributed by atoms with Crippen LogP contribution in [0.5, 0.6) is 5.75 Å². The number of halogens is 3. The Morgan fingerprint density at radius 1 is 1.29 bits per heavy atom. The van der Waals surface area contributed by atoms with Gasteiger partial charge >= 0.3 is 6.18 Å². The van der Waals surface area contributed by atoms with E-state index in [1.54, 1.807) is 30.5 Å². The molecule has 2 aliphatic rings. The fourth-order valence-corrected chi connectivity index (χ4v) is 6.47. The van der Waals surface area contributed by atoms with E-state index in [0.29, 0.717) is 41.4 Å². The smallest absolute Gasteiger partial charge is 0.405 e. The van der Waals surface area contributed by atoms with Gasteiger partial charge in [-0.3, -0.25) is 9.78 Å². The number of hydrogen-bond donors (Lipinski definition) is 1. The van der Waals surface area contributed by atoms with Gasteiger partial charge < -0.3 is 19.9 Å². The quantitative estimate of drug-likeness (QED) is 0.440. The molecule has 1 saturated carbocycles. The standard InChI is InChI=1S/C28H33F3N4O2Si/c1-17-6-7-19(37-26(38)24-8-12-34(24)2)15-21(17)25(36)33-27(9-10-27)22-13-18(35(3)16-28(29,30)31)14-23-20(22)5-4-11-32-23/h4-7,11,13-15,24,26H,8-10,12,16H2,1-3,38H3,(H,33,36)/t24-,26-/m0/s1. The van der Waals surface area contributed by atoms with E-state index in [1.165, 1.54) is 11.9 Å². The molecule has 2 heterocycles. The minimum atomic E-state index is -4.34. The molecule has 2 fully saturated rings. The topological polar surface area (TPSA) is 57.7 Å². The first-order valence-corrected chi connectivity index (χ1v) is 14.1. The first kappa shape index (κ1) is 26.5. The zero-order valence-corrected chi connectivity index (χ0v) is 24.1. The molecule has 10 heteroatoms. The summed E-state index contributed by atoms with van der Waals surface area (Å²) in [6.07, 6.45) is -0.204. The summed E-state index contributed by atoms with van der Waals surface area (Å²) in [5.74, 6) is 0.457. The van der Waals surface area contributed by atoms with Gasteiger partial charge in [-0.1, -0.05) is 12.1 Å². The van der Waals surface area contributed by atoms with E-state index in [2.05, 4.69) is 22.2 Å². The van der Waals surface area contributed by atoms with Gasteiger partial charge in [0.25, 0.3) is 5.91 Å². The number of benzene rings is 2. The second-order valence-corrected chi connectivity index (χ2v) is 11.8. The fraction of sp³-hybridized carbons (Fsp3) is 0.429. The van der Waals surface area contributed by atoms with Gasteiger partial charge in [0.05, 0.1) is 27.0 Å². The fourth-order valence-electron chi connectivity index (χ4n) is 5.36. The monoisotopic (exact) mass is 542 g/mol. The van der Waals surface area contributed by atoms with Gasteiger partial charge in [0, 0.05) is 35.9 Å². The average molecular weight is 543 g/mol. The zero-order valence-electron chi connectivity index (χ0n) is 22.1. The van der Waals surface area contributed by atoms with E-state index < -0.39 is 18.3 Å². The van der Waals surface area contributed by atoms with Crippen LogP contribution in [0, 0.1) is 6.92 Å². The van der Waals surface area contributed by atoms with Crippen molar-refractivity contribution >= 4 is 32.7 Å². The molecule has 6 nitrogen and oxygen atoms in total. The van der Waals surface area contributed by atoms with Crippen molar-refractivity contribution in [2.45, 2.75) is 49.7 Å². The summed E-state index contributed by atoms with van der Waals surface area (Å²) in [4.78, 5) is 21.5. The molecule has 1 saturated heterocycles. The third-order valence-electron chi connectivity index (χ3n) is 7.84.